The maximum atomic E-state index is 14.0. The summed E-state index contributed by atoms with van der Waals surface area (Å²) < 4.78 is 47.9. The van der Waals surface area contributed by atoms with Gasteiger partial charge in [0.25, 0.3) is 0 Å². The molecule has 0 saturated heterocycles. The van der Waals surface area contributed by atoms with Crippen molar-refractivity contribution in [1.82, 2.24) is 14.8 Å². The van der Waals surface area contributed by atoms with Crippen LogP contribution >= 0.6 is 23.1 Å². The minimum atomic E-state index is -1.65. The molecule has 6 nitrogen and oxygen atoms in total. The number of carbonyl (C=O) groups excluding carboxylic acids is 1. The highest BCUT2D eigenvalue weighted by Crippen LogP contribution is 2.35. The first kappa shape index (κ1) is 22.9. The van der Waals surface area contributed by atoms with Gasteiger partial charge in [0.1, 0.15) is 5.75 Å². The highest BCUT2D eigenvalue weighted by molar-refractivity contribution is 8.00. The number of thioether (sulfide) groups is 1. The van der Waals surface area contributed by atoms with Crippen LogP contribution in [0.25, 0.3) is 16.4 Å². The number of nitrogens with one attached hydrogen (secondary N) is 1. The molecule has 1 unspecified atom stereocenters. The molecule has 0 radical (unpaired) electrons. The molecule has 33 heavy (non-hydrogen) atoms. The summed E-state index contributed by atoms with van der Waals surface area (Å²) >= 11 is 2.56. The Labute approximate surface area is 195 Å². The van der Waals surface area contributed by atoms with Crippen LogP contribution in [0.15, 0.2) is 59.1 Å². The number of rotatable bonds is 7. The van der Waals surface area contributed by atoms with Crippen molar-refractivity contribution in [3.05, 3.63) is 71.4 Å². The normalized spacial score (nSPS) is 11.9. The molecule has 170 valence electrons. The lowest BCUT2D eigenvalue weighted by atomic mass is 10.2. The van der Waals surface area contributed by atoms with E-state index in [-0.39, 0.29) is 0 Å². The molecule has 2 aromatic carbocycles. The molecule has 0 fully saturated rings. The Kier molecular flexibility index (Phi) is 6.70. The van der Waals surface area contributed by atoms with Gasteiger partial charge in [0.05, 0.1) is 28.6 Å². The van der Waals surface area contributed by atoms with Crippen molar-refractivity contribution in [2.45, 2.75) is 17.3 Å². The number of para-hydroxylation sites is 2. The average molecular weight is 491 g/mol. The van der Waals surface area contributed by atoms with E-state index in [1.165, 1.54) is 11.3 Å². The number of nitrogens with zero attached hydrogens (tertiary/aromatic N) is 3. The van der Waals surface area contributed by atoms with Crippen LogP contribution in [-0.2, 0) is 4.79 Å². The van der Waals surface area contributed by atoms with Crippen molar-refractivity contribution < 1.29 is 22.7 Å². The highest BCUT2D eigenvalue weighted by Gasteiger charge is 2.25. The molecule has 0 aliphatic carbocycles. The van der Waals surface area contributed by atoms with Crippen LogP contribution in [0.5, 0.6) is 5.75 Å². The van der Waals surface area contributed by atoms with E-state index in [1.54, 1.807) is 24.7 Å². The SMILES string of the molecule is COc1ccccc1-n1c(SC(C)C(=O)Nc2ccc(F)c(F)c2F)nnc1-c1cccs1. The number of thiophene rings is 1. The molecule has 1 amide bonds. The van der Waals surface area contributed by atoms with Crippen molar-refractivity contribution in [3.8, 4) is 22.1 Å². The minimum absolute atomic E-state index is 0.399. The van der Waals surface area contributed by atoms with E-state index in [9.17, 15) is 18.0 Å². The van der Waals surface area contributed by atoms with Crippen LogP contribution in [-0.4, -0.2) is 33.0 Å². The smallest absolute Gasteiger partial charge is 0.237 e. The number of halogens is 3. The fraction of sp³-hybridized carbons (Fsp3) is 0.136. The van der Waals surface area contributed by atoms with Gasteiger partial charge in [0.2, 0.25) is 5.91 Å². The number of anilines is 1. The van der Waals surface area contributed by atoms with E-state index >= 15 is 0 Å². The van der Waals surface area contributed by atoms with Crippen LogP contribution in [0.1, 0.15) is 6.92 Å². The number of amides is 1. The molecule has 1 atom stereocenters. The lowest BCUT2D eigenvalue weighted by Crippen LogP contribution is -2.23. The summed E-state index contributed by atoms with van der Waals surface area (Å²) in [6.45, 7) is 1.59. The first-order valence-electron chi connectivity index (χ1n) is 9.64. The number of carbonyl (C=O) groups is 1. The molecule has 4 rings (SSSR count). The largest absolute Gasteiger partial charge is 0.495 e. The van der Waals surface area contributed by atoms with Gasteiger partial charge >= 0.3 is 0 Å². The molecule has 0 bridgehead atoms. The summed E-state index contributed by atoms with van der Waals surface area (Å²) in [6.07, 6.45) is 0. The number of ether oxygens (including phenoxy) is 1. The molecule has 0 aliphatic heterocycles. The minimum Gasteiger partial charge on any atom is -0.495 e. The Bertz CT molecular complexity index is 1300. The van der Waals surface area contributed by atoms with E-state index in [2.05, 4.69) is 15.5 Å². The molecule has 2 aromatic heterocycles. The molecule has 0 saturated carbocycles. The number of hydrogen-bond acceptors (Lipinski definition) is 6. The highest BCUT2D eigenvalue weighted by atomic mass is 32.2. The van der Waals surface area contributed by atoms with Crippen molar-refractivity contribution in [3.63, 3.8) is 0 Å². The second-order valence-electron chi connectivity index (χ2n) is 6.76. The van der Waals surface area contributed by atoms with Gasteiger partial charge in [-0.3, -0.25) is 9.36 Å². The quantitative estimate of drug-likeness (QED) is 0.272. The maximum absolute atomic E-state index is 14.0. The Hall–Kier alpha value is -3.31. The molecule has 4 aromatic rings. The number of hydrogen-bond donors (Lipinski definition) is 1. The lowest BCUT2D eigenvalue weighted by molar-refractivity contribution is -0.115. The Morgan fingerprint density at radius 1 is 1.09 bits per heavy atom. The van der Waals surface area contributed by atoms with Gasteiger partial charge in [-0.15, -0.1) is 21.5 Å². The second-order valence-corrected chi connectivity index (χ2v) is 9.02. The lowest BCUT2D eigenvalue weighted by Gasteiger charge is -2.15. The number of methoxy groups -OCH3 is 1. The first-order chi connectivity index (χ1) is 15.9. The van der Waals surface area contributed by atoms with E-state index < -0.39 is 34.3 Å². The van der Waals surface area contributed by atoms with E-state index in [0.29, 0.717) is 22.4 Å². The fourth-order valence-corrected chi connectivity index (χ4v) is 4.57. The average Bonchev–Trinajstić information content (AvgIpc) is 3.49. The van der Waals surface area contributed by atoms with Crippen LogP contribution < -0.4 is 10.1 Å². The van der Waals surface area contributed by atoms with Crippen LogP contribution in [0.4, 0.5) is 18.9 Å². The number of benzene rings is 2. The first-order valence-corrected chi connectivity index (χ1v) is 11.4. The molecule has 11 heteroatoms. The summed E-state index contributed by atoms with van der Waals surface area (Å²) in [5, 5.41) is 12.4. The maximum Gasteiger partial charge on any atom is 0.237 e. The second kappa shape index (κ2) is 9.67. The Balaban J connectivity index is 1.66. The summed E-state index contributed by atoms with van der Waals surface area (Å²) in [5.74, 6) is -3.91. The van der Waals surface area contributed by atoms with Gasteiger partial charge < -0.3 is 10.1 Å². The Morgan fingerprint density at radius 2 is 1.88 bits per heavy atom. The third-order valence-corrected chi connectivity index (χ3v) is 6.55. The van der Waals surface area contributed by atoms with Crippen molar-refractivity contribution in [2.24, 2.45) is 0 Å². The third-order valence-electron chi connectivity index (χ3n) is 4.65. The van der Waals surface area contributed by atoms with Crippen molar-refractivity contribution >= 4 is 34.7 Å². The van der Waals surface area contributed by atoms with E-state index in [0.717, 1.165) is 28.8 Å². The monoisotopic (exact) mass is 490 g/mol. The molecular weight excluding hydrogens is 473 g/mol. The van der Waals surface area contributed by atoms with Gasteiger partial charge in [0, 0.05) is 0 Å². The zero-order chi connectivity index (χ0) is 23.5. The van der Waals surface area contributed by atoms with Gasteiger partial charge in [-0.1, -0.05) is 30.0 Å². The predicted molar refractivity (Wildman–Crippen MR) is 121 cm³/mol. The zero-order valence-corrected chi connectivity index (χ0v) is 19.0. The third kappa shape index (κ3) is 4.60. The molecule has 2 heterocycles. The van der Waals surface area contributed by atoms with Crippen LogP contribution in [0, 0.1) is 17.5 Å². The molecule has 1 N–H and O–H groups in total. The standard InChI is InChI=1S/C22H17F3N4O2S2/c1-12(21(30)26-14-10-9-13(23)18(24)19(14)25)33-22-28-27-20(17-8-5-11-32-17)29(22)15-6-3-4-7-16(15)31-2/h3-12H,1-2H3,(H,26,30). The zero-order valence-electron chi connectivity index (χ0n) is 17.4. The topological polar surface area (TPSA) is 69.0 Å². The molecular formula is C22H17F3N4O2S2. The van der Waals surface area contributed by atoms with E-state index in [4.69, 9.17) is 4.74 Å². The van der Waals surface area contributed by atoms with Crippen molar-refractivity contribution in [2.75, 3.05) is 12.4 Å². The van der Waals surface area contributed by atoms with Gasteiger partial charge in [-0.05, 0) is 42.6 Å². The van der Waals surface area contributed by atoms with Crippen LogP contribution in [0.3, 0.4) is 0 Å². The van der Waals surface area contributed by atoms with Crippen LogP contribution in [0.2, 0.25) is 0 Å². The summed E-state index contributed by atoms with van der Waals surface area (Å²) in [5.41, 5.74) is 0.229. The summed E-state index contributed by atoms with van der Waals surface area (Å²) in [4.78, 5) is 13.5. The van der Waals surface area contributed by atoms with E-state index in [1.807, 2.05) is 35.7 Å². The van der Waals surface area contributed by atoms with Gasteiger partial charge in [-0.2, -0.15) is 0 Å². The van der Waals surface area contributed by atoms with Crippen molar-refractivity contribution in [1.29, 1.82) is 0 Å². The summed E-state index contributed by atoms with van der Waals surface area (Å²) in [6, 6.07) is 12.8. The summed E-state index contributed by atoms with van der Waals surface area (Å²) in [7, 11) is 1.55. The number of aromatic nitrogens is 3. The predicted octanol–water partition coefficient (Wildman–Crippen LogP) is 5.54. The fourth-order valence-electron chi connectivity index (χ4n) is 3.01. The van der Waals surface area contributed by atoms with Gasteiger partial charge in [0.15, 0.2) is 28.4 Å². The Morgan fingerprint density at radius 3 is 2.61 bits per heavy atom. The molecule has 0 spiro atoms. The van der Waals surface area contributed by atoms with Gasteiger partial charge in [-0.25, -0.2) is 13.2 Å². The molecule has 0 aliphatic rings.